The number of hydrogen-bond donors (Lipinski definition) is 2. The second-order valence-corrected chi connectivity index (χ2v) is 8.13. The Balaban J connectivity index is 1.53. The van der Waals surface area contributed by atoms with Gasteiger partial charge in [0.25, 0.3) is 11.5 Å². The number of amides is 1. The van der Waals surface area contributed by atoms with Crippen LogP contribution >= 0.6 is 0 Å². The van der Waals surface area contributed by atoms with Crippen LogP contribution in [0.25, 0.3) is 33.2 Å². The number of hydrogen-bond acceptors (Lipinski definition) is 4. The highest BCUT2D eigenvalue weighted by Crippen LogP contribution is 2.27. The smallest absolute Gasteiger partial charge is 0.277 e. The van der Waals surface area contributed by atoms with E-state index in [1.54, 1.807) is 7.11 Å². The van der Waals surface area contributed by atoms with Crippen molar-refractivity contribution >= 4 is 22.9 Å². The number of methoxy groups -OCH3 is 1. The average molecular weight is 474 g/mol. The molecular weight excluding hydrogens is 450 g/mol. The van der Waals surface area contributed by atoms with E-state index in [0.29, 0.717) is 17.0 Å². The molecule has 1 heterocycles. The lowest BCUT2D eigenvalue weighted by Crippen LogP contribution is -2.27. The van der Waals surface area contributed by atoms with Crippen LogP contribution in [0.2, 0.25) is 0 Å². The van der Waals surface area contributed by atoms with Crippen molar-refractivity contribution in [3.63, 3.8) is 0 Å². The van der Waals surface area contributed by atoms with Crippen molar-refractivity contribution in [3.05, 3.63) is 125 Å². The largest absolute Gasteiger partial charge is 0.496 e. The lowest BCUT2D eigenvalue weighted by molar-refractivity contribution is 0.0954. The number of rotatable bonds is 6. The normalized spacial score (nSPS) is 11.0. The first-order valence-electron chi connectivity index (χ1n) is 11.4. The molecule has 0 saturated heterocycles. The molecule has 6 heteroatoms. The van der Waals surface area contributed by atoms with Gasteiger partial charge in [0, 0.05) is 16.8 Å². The summed E-state index contributed by atoms with van der Waals surface area (Å²) in [6.45, 7) is 0. The van der Waals surface area contributed by atoms with Gasteiger partial charge in [-0.15, -0.1) is 0 Å². The molecule has 1 amide bonds. The molecule has 0 aliphatic rings. The Bertz CT molecular complexity index is 1620. The van der Waals surface area contributed by atoms with Crippen molar-refractivity contribution in [2.75, 3.05) is 7.11 Å². The van der Waals surface area contributed by atoms with Gasteiger partial charge in [-0.3, -0.25) is 9.59 Å². The zero-order valence-corrected chi connectivity index (χ0v) is 19.6. The van der Waals surface area contributed by atoms with Crippen molar-refractivity contribution in [1.82, 2.24) is 10.4 Å². The number of H-pyrrole nitrogens is 1. The minimum Gasteiger partial charge on any atom is -0.496 e. The highest BCUT2D eigenvalue weighted by molar-refractivity contribution is 6.04. The summed E-state index contributed by atoms with van der Waals surface area (Å²) in [6.07, 6.45) is 1.54. The number of nitrogens with zero attached hydrogens (tertiary/aromatic N) is 1. The van der Waals surface area contributed by atoms with Crippen LogP contribution in [0.1, 0.15) is 15.9 Å². The lowest BCUT2D eigenvalue weighted by atomic mass is 9.98. The third-order valence-corrected chi connectivity index (χ3v) is 5.94. The van der Waals surface area contributed by atoms with Crippen molar-refractivity contribution in [2.24, 2.45) is 5.10 Å². The molecule has 0 unspecified atom stereocenters. The quantitative estimate of drug-likeness (QED) is 0.247. The van der Waals surface area contributed by atoms with Crippen molar-refractivity contribution in [1.29, 1.82) is 0 Å². The SMILES string of the molecule is COc1ccc2ccccc2c1/C=N/NC(=O)c1c(-c2ccccc2)cc(-c2ccccc2)[nH]c1=O. The summed E-state index contributed by atoms with van der Waals surface area (Å²) in [6, 6.07) is 32.3. The van der Waals surface area contributed by atoms with E-state index < -0.39 is 11.5 Å². The van der Waals surface area contributed by atoms with Gasteiger partial charge in [0.2, 0.25) is 0 Å². The van der Waals surface area contributed by atoms with Crippen LogP contribution in [-0.4, -0.2) is 24.2 Å². The van der Waals surface area contributed by atoms with E-state index in [2.05, 4.69) is 15.5 Å². The molecular formula is C30H23N3O3. The highest BCUT2D eigenvalue weighted by atomic mass is 16.5. The molecule has 176 valence electrons. The second-order valence-electron chi connectivity index (χ2n) is 8.13. The van der Waals surface area contributed by atoms with E-state index in [1.807, 2.05) is 103 Å². The van der Waals surface area contributed by atoms with Gasteiger partial charge in [-0.05, 0) is 34.0 Å². The monoisotopic (exact) mass is 473 g/mol. The Labute approximate surface area is 207 Å². The molecule has 0 bridgehead atoms. The van der Waals surface area contributed by atoms with Gasteiger partial charge in [-0.2, -0.15) is 5.10 Å². The average Bonchev–Trinajstić information content (AvgIpc) is 2.93. The Kier molecular flexibility index (Phi) is 6.40. The molecule has 0 fully saturated rings. The van der Waals surface area contributed by atoms with Crippen molar-refractivity contribution in [2.45, 2.75) is 0 Å². The van der Waals surface area contributed by atoms with Gasteiger partial charge < -0.3 is 9.72 Å². The molecule has 0 aliphatic carbocycles. The molecule has 2 N–H and O–H groups in total. The molecule has 36 heavy (non-hydrogen) atoms. The predicted octanol–water partition coefficient (Wildman–Crippen LogP) is 5.63. The number of ether oxygens (including phenoxy) is 1. The van der Waals surface area contributed by atoms with Gasteiger partial charge in [-0.25, -0.2) is 5.43 Å². The van der Waals surface area contributed by atoms with Crippen LogP contribution < -0.4 is 15.7 Å². The fourth-order valence-electron chi connectivity index (χ4n) is 4.20. The molecule has 6 nitrogen and oxygen atoms in total. The van der Waals surface area contributed by atoms with Crippen molar-refractivity contribution in [3.8, 4) is 28.1 Å². The molecule has 4 aromatic carbocycles. The first kappa shape index (κ1) is 22.8. The van der Waals surface area contributed by atoms with Gasteiger partial charge in [0.1, 0.15) is 11.3 Å². The number of aromatic amines is 1. The summed E-state index contributed by atoms with van der Waals surface area (Å²) in [7, 11) is 1.58. The summed E-state index contributed by atoms with van der Waals surface area (Å²) in [5.74, 6) is 0.0203. The van der Waals surface area contributed by atoms with Crippen LogP contribution in [0.4, 0.5) is 0 Å². The summed E-state index contributed by atoms with van der Waals surface area (Å²) in [4.78, 5) is 29.3. The highest BCUT2D eigenvalue weighted by Gasteiger charge is 2.19. The van der Waals surface area contributed by atoms with Crippen LogP contribution in [0.3, 0.4) is 0 Å². The Morgan fingerprint density at radius 3 is 2.25 bits per heavy atom. The van der Waals surface area contributed by atoms with Crippen LogP contribution in [0.15, 0.2) is 113 Å². The van der Waals surface area contributed by atoms with Crippen LogP contribution in [0, 0.1) is 0 Å². The molecule has 0 saturated carbocycles. The molecule has 1 aromatic heterocycles. The van der Waals surface area contributed by atoms with Crippen LogP contribution in [0.5, 0.6) is 5.75 Å². The number of benzene rings is 4. The second kappa shape index (κ2) is 10.1. The van der Waals surface area contributed by atoms with E-state index in [-0.39, 0.29) is 5.56 Å². The topological polar surface area (TPSA) is 83.5 Å². The number of carbonyl (C=O) groups is 1. The maximum atomic E-state index is 13.2. The Morgan fingerprint density at radius 2 is 1.53 bits per heavy atom. The molecule has 5 aromatic rings. The maximum Gasteiger partial charge on any atom is 0.277 e. The van der Waals surface area contributed by atoms with Gasteiger partial charge >= 0.3 is 0 Å². The number of carbonyl (C=O) groups excluding carboxylic acids is 1. The Hall–Kier alpha value is -4.97. The van der Waals surface area contributed by atoms with E-state index in [0.717, 1.165) is 27.5 Å². The maximum absolute atomic E-state index is 13.2. The number of pyridine rings is 1. The fourth-order valence-corrected chi connectivity index (χ4v) is 4.20. The minimum absolute atomic E-state index is 0.0112. The summed E-state index contributed by atoms with van der Waals surface area (Å²) < 4.78 is 5.49. The lowest BCUT2D eigenvalue weighted by Gasteiger charge is -2.11. The number of aromatic nitrogens is 1. The predicted molar refractivity (Wildman–Crippen MR) is 143 cm³/mol. The van der Waals surface area contributed by atoms with E-state index in [9.17, 15) is 9.59 Å². The fraction of sp³-hybridized carbons (Fsp3) is 0.0333. The first-order valence-corrected chi connectivity index (χ1v) is 11.4. The van der Waals surface area contributed by atoms with E-state index >= 15 is 0 Å². The molecule has 5 rings (SSSR count). The number of nitrogens with one attached hydrogen (secondary N) is 2. The van der Waals surface area contributed by atoms with Gasteiger partial charge in [-0.1, -0.05) is 91.0 Å². The van der Waals surface area contributed by atoms with Gasteiger partial charge in [0.05, 0.1) is 13.3 Å². The third-order valence-electron chi connectivity index (χ3n) is 5.94. The minimum atomic E-state index is -0.606. The standard InChI is InChI=1S/C30H23N3O3/c1-36-27-17-16-21-12-8-9-15-23(21)25(27)19-31-33-30(35)28-24(20-10-4-2-5-11-20)18-26(32-29(28)34)22-13-6-3-7-14-22/h2-19H,1H3,(H,32,34)(H,33,35)/b31-19+. The molecule has 0 spiro atoms. The summed E-state index contributed by atoms with van der Waals surface area (Å²) >= 11 is 0. The number of fused-ring (bicyclic) bond motifs is 1. The van der Waals surface area contributed by atoms with Gasteiger partial charge in [0.15, 0.2) is 0 Å². The molecule has 0 aliphatic heterocycles. The molecule has 0 radical (unpaired) electrons. The van der Waals surface area contributed by atoms with E-state index in [1.165, 1.54) is 6.21 Å². The first-order chi connectivity index (χ1) is 17.7. The third kappa shape index (κ3) is 4.52. The summed E-state index contributed by atoms with van der Waals surface area (Å²) in [5, 5.41) is 6.13. The summed E-state index contributed by atoms with van der Waals surface area (Å²) in [5.41, 5.74) is 5.50. The van der Waals surface area contributed by atoms with E-state index in [4.69, 9.17) is 4.74 Å². The number of hydrazone groups is 1. The Morgan fingerprint density at radius 1 is 0.861 bits per heavy atom. The molecule has 0 atom stereocenters. The van der Waals surface area contributed by atoms with Crippen LogP contribution in [-0.2, 0) is 0 Å². The van der Waals surface area contributed by atoms with Crippen molar-refractivity contribution < 1.29 is 9.53 Å². The zero-order chi connectivity index (χ0) is 24.9. The zero-order valence-electron chi connectivity index (χ0n) is 19.6.